The molecule has 0 rings (SSSR count). The summed E-state index contributed by atoms with van der Waals surface area (Å²) in [7, 11) is 0. The predicted molar refractivity (Wildman–Crippen MR) is 72.6 cm³/mol. The van der Waals surface area contributed by atoms with Crippen LogP contribution in [0.3, 0.4) is 0 Å². The second kappa shape index (κ2) is 10.2. The van der Waals surface area contributed by atoms with Crippen molar-refractivity contribution in [2.75, 3.05) is 26.4 Å². The summed E-state index contributed by atoms with van der Waals surface area (Å²) in [4.78, 5) is 11.5. The van der Waals surface area contributed by atoms with Gasteiger partial charge >= 0.3 is 5.97 Å². The number of ether oxygens (including phenoxy) is 1. The van der Waals surface area contributed by atoms with Crippen LogP contribution in [-0.2, 0) is 9.53 Å². The zero-order valence-corrected chi connectivity index (χ0v) is 12.1. The number of esters is 1. The van der Waals surface area contributed by atoms with Gasteiger partial charge in [0.25, 0.3) is 0 Å². The molecule has 0 fully saturated rings. The van der Waals surface area contributed by atoms with Gasteiger partial charge in [-0.3, -0.25) is 4.79 Å². The van der Waals surface area contributed by atoms with E-state index in [9.17, 15) is 4.79 Å². The van der Waals surface area contributed by atoms with Crippen molar-refractivity contribution in [2.24, 2.45) is 11.3 Å². The van der Waals surface area contributed by atoms with Gasteiger partial charge < -0.3 is 20.1 Å². The molecule has 0 aromatic heterocycles. The van der Waals surface area contributed by atoms with Crippen molar-refractivity contribution in [2.45, 2.75) is 46.0 Å². The van der Waals surface area contributed by atoms with Crippen molar-refractivity contribution in [3.63, 3.8) is 0 Å². The van der Waals surface area contributed by atoms with E-state index in [1.807, 2.05) is 0 Å². The number of unbranched alkanes of at least 4 members (excludes halogenated alkanes) is 2. The molecule has 0 aliphatic carbocycles. The lowest BCUT2D eigenvalue weighted by Gasteiger charge is -2.26. The lowest BCUT2D eigenvalue weighted by atomic mass is 9.93. The van der Waals surface area contributed by atoms with Crippen LogP contribution in [0, 0.1) is 11.3 Å². The van der Waals surface area contributed by atoms with E-state index in [2.05, 4.69) is 13.8 Å². The van der Waals surface area contributed by atoms with Gasteiger partial charge in [-0.05, 0) is 12.3 Å². The number of aliphatic hydroxyl groups is 3. The van der Waals surface area contributed by atoms with Crippen LogP contribution in [-0.4, -0.2) is 47.7 Å². The summed E-state index contributed by atoms with van der Waals surface area (Å²) < 4.78 is 4.99. The predicted octanol–water partition coefficient (Wildman–Crippen LogP) is 1.10. The van der Waals surface area contributed by atoms with Gasteiger partial charge in [0.05, 0.1) is 25.2 Å². The molecule has 0 aliphatic rings. The molecule has 5 nitrogen and oxygen atoms in total. The number of aliphatic hydroxyl groups excluding tert-OH is 3. The molecule has 0 saturated heterocycles. The Morgan fingerprint density at radius 1 is 1.05 bits per heavy atom. The monoisotopic (exact) mass is 276 g/mol. The first kappa shape index (κ1) is 18.4. The molecule has 5 heteroatoms. The van der Waals surface area contributed by atoms with E-state index in [-0.39, 0.29) is 12.6 Å². The molecule has 0 unspecified atom stereocenters. The fourth-order valence-corrected chi connectivity index (χ4v) is 1.59. The van der Waals surface area contributed by atoms with Crippen molar-refractivity contribution in [3.05, 3.63) is 0 Å². The van der Waals surface area contributed by atoms with E-state index in [4.69, 9.17) is 20.1 Å². The highest BCUT2D eigenvalue weighted by Gasteiger charge is 2.29. The van der Waals surface area contributed by atoms with Gasteiger partial charge in [0.15, 0.2) is 0 Å². The highest BCUT2D eigenvalue weighted by molar-refractivity contribution is 5.69. The Labute approximate surface area is 115 Å². The van der Waals surface area contributed by atoms with Crippen LogP contribution >= 0.6 is 0 Å². The lowest BCUT2D eigenvalue weighted by Crippen LogP contribution is -2.39. The van der Waals surface area contributed by atoms with Crippen LogP contribution < -0.4 is 0 Å². The van der Waals surface area contributed by atoms with Crippen LogP contribution in [0.15, 0.2) is 0 Å². The number of rotatable bonds is 11. The van der Waals surface area contributed by atoms with Gasteiger partial charge in [-0.2, -0.15) is 0 Å². The molecule has 0 aromatic rings. The van der Waals surface area contributed by atoms with Crippen LogP contribution in [0.25, 0.3) is 0 Å². The molecule has 114 valence electrons. The van der Waals surface area contributed by atoms with Crippen LogP contribution in [0.4, 0.5) is 0 Å². The minimum absolute atomic E-state index is 0.151. The molecular weight excluding hydrogens is 248 g/mol. The molecule has 0 atom stereocenters. The van der Waals surface area contributed by atoms with Gasteiger partial charge in [0.1, 0.15) is 6.61 Å². The molecule has 0 heterocycles. The molecule has 0 bridgehead atoms. The van der Waals surface area contributed by atoms with Gasteiger partial charge in [0, 0.05) is 6.42 Å². The van der Waals surface area contributed by atoms with E-state index >= 15 is 0 Å². The first-order valence-electron chi connectivity index (χ1n) is 6.98. The Hall–Kier alpha value is -0.650. The molecule has 0 aliphatic heterocycles. The molecule has 0 spiro atoms. The third kappa shape index (κ3) is 8.18. The summed E-state index contributed by atoms with van der Waals surface area (Å²) in [6.45, 7) is 2.95. The molecule has 0 radical (unpaired) electrons. The van der Waals surface area contributed by atoms with Gasteiger partial charge in [-0.25, -0.2) is 0 Å². The molecule has 19 heavy (non-hydrogen) atoms. The Bertz CT molecular complexity index is 228. The van der Waals surface area contributed by atoms with Crippen LogP contribution in [0.1, 0.15) is 46.0 Å². The average Bonchev–Trinajstić information content (AvgIpc) is 2.40. The SMILES string of the molecule is CC(C)CCCCCC(=O)OCC(CO)(CO)CO. The van der Waals surface area contributed by atoms with Gasteiger partial charge in [0.2, 0.25) is 0 Å². The summed E-state index contributed by atoms with van der Waals surface area (Å²) in [5.41, 5.74) is -1.13. The summed E-state index contributed by atoms with van der Waals surface area (Å²) in [5.74, 6) is 0.343. The molecule has 3 N–H and O–H groups in total. The van der Waals surface area contributed by atoms with Gasteiger partial charge in [-0.15, -0.1) is 0 Å². The van der Waals surface area contributed by atoms with Crippen LogP contribution in [0.2, 0.25) is 0 Å². The fraction of sp³-hybridized carbons (Fsp3) is 0.929. The molecule has 0 amide bonds. The third-order valence-corrected chi connectivity index (χ3v) is 3.21. The van der Waals surface area contributed by atoms with Crippen molar-refractivity contribution in [3.8, 4) is 0 Å². The summed E-state index contributed by atoms with van der Waals surface area (Å²) in [5, 5.41) is 27.2. The summed E-state index contributed by atoms with van der Waals surface area (Å²) in [6.07, 6.45) is 4.40. The number of carbonyl (C=O) groups is 1. The lowest BCUT2D eigenvalue weighted by molar-refractivity contribution is -0.151. The largest absolute Gasteiger partial charge is 0.465 e. The Kier molecular flexibility index (Phi) is 9.83. The Morgan fingerprint density at radius 2 is 1.63 bits per heavy atom. The van der Waals surface area contributed by atoms with E-state index in [1.54, 1.807) is 0 Å². The van der Waals surface area contributed by atoms with Gasteiger partial charge in [-0.1, -0.05) is 33.1 Å². The second-order valence-electron chi connectivity index (χ2n) is 5.63. The summed E-state index contributed by atoms with van der Waals surface area (Å²) >= 11 is 0. The highest BCUT2D eigenvalue weighted by Crippen LogP contribution is 2.16. The number of carbonyl (C=O) groups excluding carboxylic acids is 1. The quantitative estimate of drug-likeness (QED) is 0.388. The maximum Gasteiger partial charge on any atom is 0.305 e. The molecule has 0 aromatic carbocycles. The van der Waals surface area contributed by atoms with E-state index in [0.717, 1.165) is 25.7 Å². The molecule has 0 saturated carbocycles. The normalized spacial score (nSPS) is 11.9. The number of hydrogen-bond donors (Lipinski definition) is 3. The maximum absolute atomic E-state index is 11.5. The second-order valence-corrected chi connectivity index (χ2v) is 5.63. The Morgan fingerprint density at radius 3 is 2.11 bits per heavy atom. The summed E-state index contributed by atoms with van der Waals surface area (Å²) in [6, 6.07) is 0. The zero-order valence-electron chi connectivity index (χ0n) is 12.1. The standard InChI is InChI=1S/C14H28O5/c1-12(2)6-4-3-5-7-13(18)19-11-14(8-15,9-16)10-17/h12,15-17H,3-11H2,1-2H3. The topological polar surface area (TPSA) is 87.0 Å². The fourth-order valence-electron chi connectivity index (χ4n) is 1.59. The van der Waals surface area contributed by atoms with Crippen molar-refractivity contribution in [1.82, 2.24) is 0 Å². The maximum atomic E-state index is 11.5. The Balaban J connectivity index is 3.74. The van der Waals surface area contributed by atoms with E-state index in [0.29, 0.717) is 12.3 Å². The minimum atomic E-state index is -1.13. The first-order valence-corrected chi connectivity index (χ1v) is 6.98. The minimum Gasteiger partial charge on any atom is -0.465 e. The van der Waals surface area contributed by atoms with Crippen LogP contribution in [0.5, 0.6) is 0 Å². The zero-order chi connectivity index (χ0) is 14.7. The highest BCUT2D eigenvalue weighted by atomic mass is 16.5. The smallest absolute Gasteiger partial charge is 0.305 e. The van der Waals surface area contributed by atoms with E-state index in [1.165, 1.54) is 0 Å². The number of hydrogen-bond acceptors (Lipinski definition) is 5. The third-order valence-electron chi connectivity index (χ3n) is 3.21. The van der Waals surface area contributed by atoms with Crippen molar-refractivity contribution < 1.29 is 24.9 Å². The van der Waals surface area contributed by atoms with Crippen molar-refractivity contribution >= 4 is 5.97 Å². The first-order chi connectivity index (χ1) is 8.99. The molecular formula is C14H28O5. The van der Waals surface area contributed by atoms with Crippen molar-refractivity contribution in [1.29, 1.82) is 0 Å². The average molecular weight is 276 g/mol. The van der Waals surface area contributed by atoms with E-state index < -0.39 is 25.2 Å².